The Bertz CT molecular complexity index is 335. The second-order valence-corrected chi connectivity index (χ2v) is 9.10. The van der Waals surface area contributed by atoms with Crippen molar-refractivity contribution in [2.45, 2.75) is 56.7 Å². The third-order valence-electron chi connectivity index (χ3n) is 3.91. The van der Waals surface area contributed by atoms with Gasteiger partial charge in [0.05, 0.1) is 5.75 Å². The van der Waals surface area contributed by atoms with E-state index in [2.05, 4.69) is 11.6 Å². The summed E-state index contributed by atoms with van der Waals surface area (Å²) in [6, 6.07) is 0.0564. The van der Waals surface area contributed by atoms with Gasteiger partial charge in [-0.15, -0.1) is 0 Å². The Morgan fingerprint density at radius 3 is 2.39 bits per heavy atom. The largest absolute Gasteiger partial charge is 0.312 e. The first-order valence-electron chi connectivity index (χ1n) is 6.92. The van der Waals surface area contributed by atoms with Crippen LogP contribution in [0.15, 0.2) is 0 Å². The molecule has 0 heterocycles. The van der Waals surface area contributed by atoms with Crippen molar-refractivity contribution < 1.29 is 8.42 Å². The average Bonchev–Trinajstić information content (AvgIpc) is 2.37. The first kappa shape index (κ1) is 16.3. The van der Waals surface area contributed by atoms with E-state index in [0.29, 0.717) is 4.75 Å². The minimum atomic E-state index is -2.87. The van der Waals surface area contributed by atoms with E-state index < -0.39 is 9.84 Å². The number of hydrogen-bond donors (Lipinski definition) is 1. The highest BCUT2D eigenvalue weighted by Gasteiger charge is 2.31. The summed E-state index contributed by atoms with van der Waals surface area (Å²) >= 11 is 1.95. The minimum absolute atomic E-state index is 0.0564. The zero-order valence-corrected chi connectivity index (χ0v) is 13.5. The summed E-state index contributed by atoms with van der Waals surface area (Å²) in [6.07, 6.45) is 8.67. The Kier molecular flexibility index (Phi) is 6.48. The second-order valence-electron chi connectivity index (χ2n) is 5.43. The van der Waals surface area contributed by atoms with E-state index in [9.17, 15) is 8.42 Å². The highest BCUT2D eigenvalue weighted by Crippen LogP contribution is 2.37. The van der Waals surface area contributed by atoms with Crippen molar-refractivity contribution >= 4 is 21.6 Å². The molecule has 0 spiro atoms. The number of sulfone groups is 1. The maximum Gasteiger partial charge on any atom is 0.151 e. The molecule has 1 rings (SSSR count). The number of hydrogen-bond acceptors (Lipinski definition) is 4. The Morgan fingerprint density at radius 2 is 1.89 bits per heavy atom. The van der Waals surface area contributed by atoms with E-state index >= 15 is 0 Å². The van der Waals surface area contributed by atoms with Crippen molar-refractivity contribution in [2.24, 2.45) is 0 Å². The third kappa shape index (κ3) is 5.10. The highest BCUT2D eigenvalue weighted by molar-refractivity contribution is 8.00. The molecule has 5 heteroatoms. The van der Waals surface area contributed by atoms with Crippen LogP contribution < -0.4 is 5.32 Å². The molecule has 1 N–H and O–H groups in total. The van der Waals surface area contributed by atoms with E-state index in [1.54, 1.807) is 6.92 Å². The summed E-state index contributed by atoms with van der Waals surface area (Å²) in [5.41, 5.74) is 0. The summed E-state index contributed by atoms with van der Waals surface area (Å²) in [6.45, 7) is 4.63. The quantitative estimate of drug-likeness (QED) is 0.783. The molecular weight excluding hydrogens is 266 g/mol. The lowest BCUT2D eigenvalue weighted by molar-refractivity contribution is 0.370. The van der Waals surface area contributed by atoms with Gasteiger partial charge >= 0.3 is 0 Å². The molecule has 1 atom stereocenters. The molecule has 0 bridgehead atoms. The molecule has 1 aliphatic rings. The minimum Gasteiger partial charge on any atom is -0.312 e. The Hall–Kier alpha value is 0.260. The lowest BCUT2D eigenvalue weighted by Crippen LogP contribution is -2.44. The number of thioether (sulfide) groups is 1. The number of nitrogens with one attached hydrogen (secondary N) is 1. The molecular formula is C13H27NO2S2. The Labute approximate surface area is 116 Å². The van der Waals surface area contributed by atoms with Gasteiger partial charge in [-0.3, -0.25) is 0 Å². The molecule has 1 unspecified atom stereocenters. The van der Waals surface area contributed by atoms with Gasteiger partial charge in [-0.05, 0) is 26.0 Å². The first-order valence-corrected chi connectivity index (χ1v) is 9.96. The van der Waals surface area contributed by atoms with Crippen LogP contribution in [0.2, 0.25) is 0 Å². The maximum absolute atomic E-state index is 11.6. The van der Waals surface area contributed by atoms with Gasteiger partial charge in [-0.25, -0.2) is 8.42 Å². The maximum atomic E-state index is 11.6. The van der Waals surface area contributed by atoms with E-state index in [-0.39, 0.29) is 17.5 Å². The van der Waals surface area contributed by atoms with Crippen LogP contribution in [-0.2, 0) is 9.84 Å². The summed E-state index contributed by atoms with van der Waals surface area (Å²) < 4.78 is 23.5. The molecule has 0 aromatic rings. The monoisotopic (exact) mass is 293 g/mol. The van der Waals surface area contributed by atoms with Crippen LogP contribution in [0.1, 0.15) is 46.0 Å². The van der Waals surface area contributed by atoms with Crippen molar-refractivity contribution in [2.75, 3.05) is 24.3 Å². The Morgan fingerprint density at radius 1 is 1.28 bits per heavy atom. The van der Waals surface area contributed by atoms with Gasteiger partial charge in [0, 0.05) is 23.1 Å². The molecule has 1 aliphatic carbocycles. The van der Waals surface area contributed by atoms with Crippen molar-refractivity contribution in [1.82, 2.24) is 5.32 Å². The standard InChI is InChI=1S/C13H27NO2S2/c1-4-18(15,16)10-12(2)14-11-13(17-3)8-6-5-7-9-13/h12,14H,4-11H2,1-3H3. The van der Waals surface area contributed by atoms with Gasteiger partial charge in [0.25, 0.3) is 0 Å². The predicted molar refractivity (Wildman–Crippen MR) is 81.1 cm³/mol. The van der Waals surface area contributed by atoms with Crippen molar-refractivity contribution in [3.8, 4) is 0 Å². The summed E-state index contributed by atoms with van der Waals surface area (Å²) in [4.78, 5) is 0. The molecule has 18 heavy (non-hydrogen) atoms. The predicted octanol–water partition coefficient (Wildman–Crippen LogP) is 2.47. The normalized spacial score (nSPS) is 21.7. The van der Waals surface area contributed by atoms with E-state index in [0.717, 1.165) is 6.54 Å². The van der Waals surface area contributed by atoms with Gasteiger partial charge in [0.15, 0.2) is 9.84 Å². The van der Waals surface area contributed by atoms with Gasteiger partial charge < -0.3 is 5.32 Å². The van der Waals surface area contributed by atoms with E-state index in [1.807, 2.05) is 18.7 Å². The van der Waals surface area contributed by atoms with Gasteiger partial charge in [-0.2, -0.15) is 11.8 Å². The molecule has 0 aromatic heterocycles. The van der Waals surface area contributed by atoms with Crippen molar-refractivity contribution in [3.05, 3.63) is 0 Å². The molecule has 0 saturated heterocycles. The van der Waals surface area contributed by atoms with Crippen molar-refractivity contribution in [3.63, 3.8) is 0 Å². The van der Waals surface area contributed by atoms with E-state index in [1.165, 1.54) is 32.1 Å². The average molecular weight is 293 g/mol. The van der Waals surface area contributed by atoms with Gasteiger partial charge in [-0.1, -0.05) is 26.2 Å². The number of rotatable bonds is 7. The molecule has 0 aliphatic heterocycles. The molecule has 1 fully saturated rings. The SMILES string of the molecule is CCS(=O)(=O)CC(C)NCC1(SC)CCCCC1. The lowest BCUT2D eigenvalue weighted by Gasteiger charge is -2.37. The topological polar surface area (TPSA) is 46.2 Å². The van der Waals surface area contributed by atoms with Crippen LogP contribution in [0.3, 0.4) is 0 Å². The lowest BCUT2D eigenvalue weighted by atomic mass is 9.88. The fraction of sp³-hybridized carbons (Fsp3) is 1.00. The second kappa shape index (κ2) is 7.15. The van der Waals surface area contributed by atoms with Crippen molar-refractivity contribution in [1.29, 1.82) is 0 Å². The third-order valence-corrected chi connectivity index (χ3v) is 7.22. The summed E-state index contributed by atoms with van der Waals surface area (Å²) in [7, 11) is -2.87. The molecule has 108 valence electrons. The summed E-state index contributed by atoms with van der Waals surface area (Å²) in [5, 5.41) is 3.43. The molecule has 0 amide bonds. The Balaban J connectivity index is 2.43. The van der Waals surface area contributed by atoms with Crippen LogP contribution in [0.25, 0.3) is 0 Å². The van der Waals surface area contributed by atoms with Gasteiger partial charge in [0.2, 0.25) is 0 Å². The van der Waals surface area contributed by atoms with Crippen LogP contribution in [0, 0.1) is 0 Å². The van der Waals surface area contributed by atoms with Crippen LogP contribution in [0.4, 0.5) is 0 Å². The zero-order valence-electron chi connectivity index (χ0n) is 11.9. The van der Waals surface area contributed by atoms with Gasteiger partial charge in [0.1, 0.15) is 0 Å². The van der Waals surface area contributed by atoms with Crippen LogP contribution in [-0.4, -0.2) is 43.5 Å². The van der Waals surface area contributed by atoms with Crippen LogP contribution >= 0.6 is 11.8 Å². The first-order chi connectivity index (χ1) is 8.43. The molecule has 1 saturated carbocycles. The summed E-state index contributed by atoms with van der Waals surface area (Å²) in [5.74, 6) is 0.501. The fourth-order valence-electron chi connectivity index (χ4n) is 2.57. The molecule has 0 aromatic carbocycles. The fourth-order valence-corrected chi connectivity index (χ4v) is 4.61. The smallest absolute Gasteiger partial charge is 0.151 e. The molecule has 3 nitrogen and oxygen atoms in total. The van der Waals surface area contributed by atoms with Crippen LogP contribution in [0.5, 0.6) is 0 Å². The highest BCUT2D eigenvalue weighted by atomic mass is 32.2. The van der Waals surface area contributed by atoms with E-state index in [4.69, 9.17) is 0 Å². The zero-order chi connectivity index (χ0) is 13.6. The molecule has 0 radical (unpaired) electrons.